The van der Waals surface area contributed by atoms with Crippen molar-refractivity contribution in [2.75, 3.05) is 13.1 Å². The van der Waals surface area contributed by atoms with Gasteiger partial charge in [-0.3, -0.25) is 14.0 Å². The van der Waals surface area contributed by atoms with Crippen molar-refractivity contribution in [3.8, 4) is 0 Å². The maximum Gasteiger partial charge on any atom is 0.262 e. The lowest BCUT2D eigenvalue weighted by molar-refractivity contribution is -0.0692. The van der Waals surface area contributed by atoms with Crippen LogP contribution in [0, 0.1) is 19.7 Å². The monoisotopic (exact) mass is 498 g/mol. The van der Waals surface area contributed by atoms with Gasteiger partial charge in [0.2, 0.25) is 0 Å². The highest BCUT2D eigenvalue weighted by molar-refractivity contribution is 6.30. The van der Waals surface area contributed by atoms with Crippen LogP contribution in [0.4, 0.5) is 4.39 Å². The Morgan fingerprint density at radius 1 is 1.29 bits per heavy atom. The number of hydrogen-bond acceptors (Lipinski definition) is 6. The number of rotatable bonds is 5. The molecule has 0 unspecified atom stereocenters. The van der Waals surface area contributed by atoms with Gasteiger partial charge in [-0.15, -0.1) is 0 Å². The van der Waals surface area contributed by atoms with E-state index in [4.69, 9.17) is 21.3 Å². The van der Waals surface area contributed by atoms with Gasteiger partial charge in [0.05, 0.1) is 29.3 Å². The van der Waals surface area contributed by atoms with Crippen molar-refractivity contribution >= 4 is 17.3 Å². The summed E-state index contributed by atoms with van der Waals surface area (Å²) in [4.78, 5) is 24.4. The lowest BCUT2D eigenvalue weighted by atomic mass is 10.0. The normalized spacial score (nSPS) is 18.7. The van der Waals surface area contributed by atoms with E-state index in [1.54, 1.807) is 37.8 Å². The largest absolute Gasteiger partial charge is 0.367 e. The maximum atomic E-state index is 15.1. The van der Waals surface area contributed by atoms with Gasteiger partial charge in [-0.25, -0.2) is 14.4 Å². The van der Waals surface area contributed by atoms with E-state index in [0.717, 1.165) is 5.56 Å². The van der Waals surface area contributed by atoms with Gasteiger partial charge in [-0.1, -0.05) is 18.2 Å². The van der Waals surface area contributed by atoms with E-state index in [1.807, 2.05) is 25.1 Å². The van der Waals surface area contributed by atoms with E-state index in [2.05, 4.69) is 16.7 Å². The first-order valence-electron chi connectivity index (χ1n) is 11.2. The second kappa shape index (κ2) is 9.75. The summed E-state index contributed by atoms with van der Waals surface area (Å²) in [6, 6.07) is 4.28. The lowest BCUT2D eigenvalue weighted by Crippen LogP contribution is -2.42. The number of halogens is 2. The zero-order valence-electron chi connectivity index (χ0n) is 20.4. The van der Waals surface area contributed by atoms with Crippen LogP contribution in [-0.2, 0) is 18.8 Å². The number of benzene rings is 1. The first kappa shape index (κ1) is 24.8. The Labute approximate surface area is 208 Å². The van der Waals surface area contributed by atoms with Crippen LogP contribution in [0.5, 0.6) is 0 Å². The van der Waals surface area contributed by atoms with Crippen molar-refractivity contribution in [1.82, 2.24) is 24.2 Å². The maximum absolute atomic E-state index is 15.1. The number of aromatic nitrogens is 4. The van der Waals surface area contributed by atoms with Crippen molar-refractivity contribution in [2.24, 2.45) is 19.1 Å². The quantitative estimate of drug-likeness (QED) is 0.501. The lowest BCUT2D eigenvalue weighted by Gasteiger charge is -2.37. The van der Waals surface area contributed by atoms with Crippen molar-refractivity contribution < 1.29 is 9.13 Å². The molecule has 1 aliphatic heterocycles. The van der Waals surface area contributed by atoms with Crippen LogP contribution < -0.4 is 5.56 Å². The summed E-state index contributed by atoms with van der Waals surface area (Å²) >= 11 is 5.99. The summed E-state index contributed by atoms with van der Waals surface area (Å²) in [5.74, 6) is 0.349. The van der Waals surface area contributed by atoms with Crippen LogP contribution in [-0.4, -0.2) is 49.1 Å². The molecule has 2 aromatic heterocycles. The Kier molecular flexibility index (Phi) is 6.91. The van der Waals surface area contributed by atoms with Gasteiger partial charge >= 0.3 is 0 Å². The fourth-order valence-corrected chi connectivity index (χ4v) is 4.36. The molecule has 10 heteroatoms. The third-order valence-electron chi connectivity index (χ3n) is 6.08. The number of aliphatic imine (C=N–C) groups is 1. The molecule has 35 heavy (non-hydrogen) atoms. The third kappa shape index (κ3) is 5.06. The Hall–Kier alpha value is -3.30. The fourth-order valence-electron chi connectivity index (χ4n) is 4.20. The molecule has 1 aliphatic rings. The molecule has 1 saturated heterocycles. The smallest absolute Gasteiger partial charge is 0.262 e. The number of ether oxygens (including phenoxy) is 1. The molecule has 3 heterocycles. The minimum absolute atomic E-state index is 0.104. The molecule has 0 aliphatic carbocycles. The molecule has 1 fully saturated rings. The molecule has 8 nitrogen and oxygen atoms in total. The van der Waals surface area contributed by atoms with Gasteiger partial charge in [0.15, 0.2) is 0 Å². The van der Waals surface area contributed by atoms with E-state index in [1.165, 1.54) is 16.7 Å². The Morgan fingerprint density at radius 2 is 2.03 bits per heavy atom. The number of nitrogens with zero attached hydrogens (tertiary/aromatic N) is 6. The molecule has 0 radical (unpaired) electrons. The van der Waals surface area contributed by atoms with Crippen LogP contribution in [0.3, 0.4) is 0 Å². The van der Waals surface area contributed by atoms with Crippen LogP contribution >= 0.6 is 11.6 Å². The van der Waals surface area contributed by atoms with Crippen molar-refractivity contribution in [3.05, 3.63) is 92.4 Å². The molecule has 0 saturated carbocycles. The second-order valence-electron chi connectivity index (χ2n) is 8.77. The third-order valence-corrected chi connectivity index (χ3v) is 6.32. The summed E-state index contributed by atoms with van der Waals surface area (Å²) in [7, 11) is 3.47. The molecule has 2 atom stereocenters. The van der Waals surface area contributed by atoms with Gasteiger partial charge in [0.1, 0.15) is 23.6 Å². The van der Waals surface area contributed by atoms with Gasteiger partial charge in [-0.2, -0.15) is 5.10 Å². The average molecular weight is 499 g/mol. The highest BCUT2D eigenvalue weighted by Crippen LogP contribution is 2.28. The van der Waals surface area contributed by atoms with E-state index >= 15 is 4.39 Å². The van der Waals surface area contributed by atoms with Crippen LogP contribution in [0.2, 0.25) is 5.02 Å². The molecule has 0 N–H and O–H groups in total. The first-order valence-corrected chi connectivity index (χ1v) is 11.6. The molecule has 1 aromatic carbocycles. The van der Waals surface area contributed by atoms with Gasteiger partial charge < -0.3 is 9.64 Å². The summed E-state index contributed by atoms with van der Waals surface area (Å²) in [5, 5.41) is 4.49. The molecule has 0 bridgehead atoms. The predicted molar refractivity (Wildman–Crippen MR) is 133 cm³/mol. The molecule has 4 rings (SSSR count). The SMILES string of the molecule is C=C(N=C(c1ccc(Cl)cc1F)c1c(C)nc(C)n(C)c1=O)N1C[C@@H](C)O[C@@H](c2cnn(C)c2)C1. The van der Waals surface area contributed by atoms with Crippen LogP contribution in [0.25, 0.3) is 0 Å². The number of aryl methyl sites for hydroxylation is 3. The molecule has 0 spiro atoms. The fraction of sp³-hybridized carbons (Fsp3) is 0.360. The number of morpholine rings is 1. The summed E-state index contributed by atoms with van der Waals surface area (Å²) in [6.45, 7) is 10.6. The van der Waals surface area contributed by atoms with E-state index in [-0.39, 0.29) is 39.6 Å². The zero-order chi connectivity index (χ0) is 25.4. The minimum atomic E-state index is -0.588. The summed E-state index contributed by atoms with van der Waals surface area (Å²) in [5.41, 5.74) is 1.59. The van der Waals surface area contributed by atoms with Gasteiger partial charge in [0, 0.05) is 49.5 Å². The van der Waals surface area contributed by atoms with E-state index < -0.39 is 5.82 Å². The van der Waals surface area contributed by atoms with Crippen molar-refractivity contribution in [2.45, 2.75) is 33.0 Å². The van der Waals surface area contributed by atoms with Crippen molar-refractivity contribution in [1.29, 1.82) is 0 Å². The van der Waals surface area contributed by atoms with E-state index in [0.29, 0.717) is 30.4 Å². The van der Waals surface area contributed by atoms with Crippen LogP contribution in [0.1, 0.15) is 41.2 Å². The highest BCUT2D eigenvalue weighted by Gasteiger charge is 2.29. The molecular weight excluding hydrogens is 471 g/mol. The van der Waals surface area contributed by atoms with Crippen molar-refractivity contribution in [3.63, 3.8) is 0 Å². The first-order chi connectivity index (χ1) is 16.5. The molecular formula is C25H28ClFN6O2. The van der Waals surface area contributed by atoms with Gasteiger partial charge in [0.25, 0.3) is 5.56 Å². The summed E-state index contributed by atoms with van der Waals surface area (Å²) in [6.07, 6.45) is 3.34. The van der Waals surface area contributed by atoms with E-state index in [9.17, 15) is 4.79 Å². The molecule has 184 valence electrons. The Bertz CT molecular complexity index is 1380. The molecule has 3 aromatic rings. The Balaban J connectivity index is 1.80. The molecule has 0 amide bonds. The van der Waals surface area contributed by atoms with Gasteiger partial charge in [-0.05, 0) is 39.0 Å². The minimum Gasteiger partial charge on any atom is -0.367 e. The topological polar surface area (TPSA) is 77.5 Å². The predicted octanol–water partition coefficient (Wildman–Crippen LogP) is 3.69. The average Bonchev–Trinajstić information content (AvgIpc) is 3.23. The standard InChI is InChI=1S/C25H28ClFN6O2/c1-14-11-33(13-22(35-14)18-10-28-31(5)12-18)17(4)30-24(20-8-7-19(26)9-21(20)27)23-15(2)29-16(3)32(6)25(23)34/h7-10,12,14,22H,4,11,13H2,1-3,5-6H3/t14-,22-/m1/s1. The zero-order valence-corrected chi connectivity index (χ0v) is 21.2. The highest BCUT2D eigenvalue weighted by atomic mass is 35.5. The number of hydrogen-bond donors (Lipinski definition) is 0. The Morgan fingerprint density at radius 3 is 2.69 bits per heavy atom. The second-order valence-corrected chi connectivity index (χ2v) is 9.21. The summed E-state index contributed by atoms with van der Waals surface area (Å²) < 4.78 is 24.4. The van der Waals surface area contributed by atoms with Crippen LogP contribution in [0.15, 0.2) is 52.8 Å².